The number of rotatable bonds is 6. The fourth-order valence-corrected chi connectivity index (χ4v) is 2.54. The first-order chi connectivity index (χ1) is 9.04. The first-order valence-electron chi connectivity index (χ1n) is 7.07. The Kier molecular flexibility index (Phi) is 4.63. The smallest absolute Gasteiger partial charge is 0.315 e. The van der Waals surface area contributed by atoms with Crippen LogP contribution in [0.2, 0.25) is 0 Å². The number of nitrogens with zero attached hydrogens (tertiary/aromatic N) is 1. The minimum atomic E-state index is -0.829. The maximum atomic E-state index is 11.8. The number of urea groups is 1. The molecule has 2 atom stereocenters. The summed E-state index contributed by atoms with van der Waals surface area (Å²) in [4.78, 5) is 24.6. The molecule has 0 aromatic carbocycles. The predicted molar refractivity (Wildman–Crippen MR) is 71.0 cm³/mol. The molecular formula is C13H23N3O3. The van der Waals surface area contributed by atoms with Gasteiger partial charge in [0.2, 0.25) is 0 Å². The second-order valence-corrected chi connectivity index (χ2v) is 5.66. The highest BCUT2D eigenvalue weighted by Crippen LogP contribution is 2.29. The lowest BCUT2D eigenvalue weighted by molar-refractivity contribution is -0.137. The third-order valence-corrected chi connectivity index (χ3v) is 3.79. The Morgan fingerprint density at radius 2 is 2.11 bits per heavy atom. The van der Waals surface area contributed by atoms with Gasteiger partial charge in [0, 0.05) is 37.6 Å². The van der Waals surface area contributed by atoms with Gasteiger partial charge in [-0.25, -0.2) is 4.79 Å². The number of carbonyl (C=O) groups is 2. The van der Waals surface area contributed by atoms with Crippen LogP contribution >= 0.6 is 0 Å². The summed E-state index contributed by atoms with van der Waals surface area (Å²) < 4.78 is 0. The van der Waals surface area contributed by atoms with Crippen molar-refractivity contribution in [3.8, 4) is 0 Å². The standard InChI is InChI=1S/C13H23N3O3/c1-9(2-5-12(17)18)14-13(19)15-10-6-7-16(8-10)11-3-4-11/h9-11H,2-8H2,1H3,(H,17,18)(H2,14,15,19). The predicted octanol–water partition coefficient (Wildman–Crippen LogP) is 0.776. The lowest BCUT2D eigenvalue weighted by Crippen LogP contribution is -2.46. The van der Waals surface area contributed by atoms with Crippen molar-refractivity contribution in [2.45, 2.75) is 57.2 Å². The van der Waals surface area contributed by atoms with Crippen molar-refractivity contribution in [3.05, 3.63) is 0 Å². The van der Waals surface area contributed by atoms with Gasteiger partial charge in [-0.2, -0.15) is 0 Å². The molecule has 2 rings (SSSR count). The Bertz CT molecular complexity index is 344. The molecule has 108 valence electrons. The summed E-state index contributed by atoms with van der Waals surface area (Å²) in [6.07, 6.45) is 4.14. The second kappa shape index (κ2) is 6.23. The lowest BCUT2D eigenvalue weighted by Gasteiger charge is -2.18. The van der Waals surface area contributed by atoms with Crippen LogP contribution in [-0.4, -0.2) is 53.2 Å². The summed E-state index contributed by atoms with van der Waals surface area (Å²) in [6.45, 7) is 3.85. The fraction of sp³-hybridized carbons (Fsp3) is 0.846. The molecule has 3 N–H and O–H groups in total. The van der Waals surface area contributed by atoms with Crippen LogP contribution in [0.15, 0.2) is 0 Å². The normalized spacial score (nSPS) is 25.0. The van der Waals surface area contributed by atoms with E-state index < -0.39 is 5.97 Å². The van der Waals surface area contributed by atoms with Crippen molar-refractivity contribution < 1.29 is 14.7 Å². The average molecular weight is 269 g/mol. The van der Waals surface area contributed by atoms with Gasteiger partial charge in [0.05, 0.1) is 0 Å². The van der Waals surface area contributed by atoms with Crippen LogP contribution < -0.4 is 10.6 Å². The summed E-state index contributed by atoms with van der Waals surface area (Å²) in [7, 11) is 0. The molecule has 1 saturated heterocycles. The quantitative estimate of drug-likeness (QED) is 0.665. The molecule has 1 saturated carbocycles. The van der Waals surface area contributed by atoms with E-state index in [2.05, 4.69) is 15.5 Å². The monoisotopic (exact) mass is 269 g/mol. The van der Waals surface area contributed by atoms with E-state index in [4.69, 9.17) is 5.11 Å². The largest absolute Gasteiger partial charge is 0.481 e. The summed E-state index contributed by atoms with van der Waals surface area (Å²) in [5.41, 5.74) is 0. The molecule has 0 aromatic rings. The Balaban J connectivity index is 1.62. The molecule has 0 bridgehead atoms. The van der Waals surface area contributed by atoms with Gasteiger partial charge in [-0.05, 0) is 32.6 Å². The maximum Gasteiger partial charge on any atom is 0.315 e. The maximum absolute atomic E-state index is 11.8. The van der Waals surface area contributed by atoms with Crippen molar-refractivity contribution in [1.29, 1.82) is 0 Å². The molecule has 19 heavy (non-hydrogen) atoms. The average Bonchev–Trinajstić information content (AvgIpc) is 3.08. The number of nitrogens with one attached hydrogen (secondary N) is 2. The second-order valence-electron chi connectivity index (χ2n) is 5.66. The first-order valence-corrected chi connectivity index (χ1v) is 7.07. The topological polar surface area (TPSA) is 81.7 Å². The van der Waals surface area contributed by atoms with E-state index >= 15 is 0 Å². The lowest BCUT2D eigenvalue weighted by atomic mass is 10.2. The van der Waals surface area contributed by atoms with Crippen molar-refractivity contribution in [2.24, 2.45) is 0 Å². The molecule has 1 heterocycles. The molecule has 6 nitrogen and oxygen atoms in total. The molecule has 2 aliphatic rings. The number of amides is 2. The van der Waals surface area contributed by atoms with Gasteiger partial charge in [-0.1, -0.05) is 0 Å². The minimum absolute atomic E-state index is 0.0837. The molecule has 0 aromatic heterocycles. The highest BCUT2D eigenvalue weighted by atomic mass is 16.4. The number of likely N-dealkylation sites (tertiary alicyclic amines) is 1. The molecule has 2 fully saturated rings. The highest BCUT2D eigenvalue weighted by molar-refractivity contribution is 5.74. The van der Waals surface area contributed by atoms with E-state index in [-0.39, 0.29) is 24.5 Å². The third-order valence-electron chi connectivity index (χ3n) is 3.79. The van der Waals surface area contributed by atoms with Crippen molar-refractivity contribution >= 4 is 12.0 Å². The van der Waals surface area contributed by atoms with Gasteiger partial charge >= 0.3 is 12.0 Å². The number of hydrogen-bond donors (Lipinski definition) is 3. The van der Waals surface area contributed by atoms with Gasteiger partial charge in [-0.15, -0.1) is 0 Å². The van der Waals surface area contributed by atoms with Crippen molar-refractivity contribution in [3.63, 3.8) is 0 Å². The van der Waals surface area contributed by atoms with Crippen LogP contribution in [0.5, 0.6) is 0 Å². The van der Waals surface area contributed by atoms with E-state index in [0.717, 1.165) is 25.6 Å². The molecule has 0 spiro atoms. The molecule has 0 radical (unpaired) electrons. The first kappa shape index (κ1) is 14.1. The van der Waals surface area contributed by atoms with E-state index in [9.17, 15) is 9.59 Å². The Hall–Kier alpha value is -1.30. The van der Waals surface area contributed by atoms with E-state index in [0.29, 0.717) is 6.42 Å². The summed E-state index contributed by atoms with van der Waals surface area (Å²) in [5, 5.41) is 14.3. The molecule has 1 aliphatic carbocycles. The van der Waals surface area contributed by atoms with Crippen molar-refractivity contribution in [2.75, 3.05) is 13.1 Å². The van der Waals surface area contributed by atoms with Gasteiger partial charge in [0.15, 0.2) is 0 Å². The molecule has 6 heteroatoms. The van der Waals surface area contributed by atoms with Gasteiger partial charge in [-0.3, -0.25) is 9.69 Å². The highest BCUT2D eigenvalue weighted by Gasteiger charge is 2.34. The Labute approximate surface area is 113 Å². The molecular weight excluding hydrogens is 246 g/mol. The summed E-state index contributed by atoms with van der Waals surface area (Å²) >= 11 is 0. The summed E-state index contributed by atoms with van der Waals surface area (Å²) in [6, 6.07) is 0.689. The third kappa shape index (κ3) is 4.70. The van der Waals surface area contributed by atoms with E-state index in [1.807, 2.05) is 6.92 Å². The Morgan fingerprint density at radius 3 is 2.74 bits per heavy atom. The van der Waals surface area contributed by atoms with Crippen LogP contribution in [0.25, 0.3) is 0 Å². The zero-order valence-corrected chi connectivity index (χ0v) is 11.4. The SMILES string of the molecule is CC(CCC(=O)O)NC(=O)NC1CCN(C2CC2)C1. The number of carboxylic acid groups (broad SMARTS) is 1. The zero-order valence-electron chi connectivity index (χ0n) is 11.4. The van der Waals surface area contributed by atoms with E-state index in [1.165, 1.54) is 12.8 Å². The summed E-state index contributed by atoms with van der Waals surface area (Å²) in [5.74, 6) is -0.829. The van der Waals surface area contributed by atoms with Crippen LogP contribution in [0, 0.1) is 0 Å². The van der Waals surface area contributed by atoms with Crippen molar-refractivity contribution in [1.82, 2.24) is 15.5 Å². The number of carboxylic acids is 1. The van der Waals surface area contributed by atoms with Crippen LogP contribution in [0.3, 0.4) is 0 Å². The fourth-order valence-electron chi connectivity index (χ4n) is 2.54. The van der Waals surface area contributed by atoms with Gasteiger partial charge in [0.1, 0.15) is 0 Å². The van der Waals surface area contributed by atoms with Gasteiger partial charge in [0.25, 0.3) is 0 Å². The molecule has 2 unspecified atom stereocenters. The molecule has 2 amide bonds. The molecule has 1 aliphatic heterocycles. The van der Waals surface area contributed by atoms with E-state index in [1.54, 1.807) is 0 Å². The number of hydrogen-bond acceptors (Lipinski definition) is 3. The number of carbonyl (C=O) groups excluding carboxylic acids is 1. The number of aliphatic carboxylic acids is 1. The minimum Gasteiger partial charge on any atom is -0.481 e. The van der Waals surface area contributed by atoms with Crippen LogP contribution in [0.1, 0.15) is 39.0 Å². The van der Waals surface area contributed by atoms with Crippen LogP contribution in [-0.2, 0) is 4.79 Å². The van der Waals surface area contributed by atoms with Crippen LogP contribution in [0.4, 0.5) is 4.79 Å². The zero-order chi connectivity index (χ0) is 13.8. The Morgan fingerprint density at radius 1 is 1.37 bits per heavy atom. The van der Waals surface area contributed by atoms with Gasteiger partial charge < -0.3 is 15.7 Å².